The Morgan fingerprint density at radius 3 is 2.50 bits per heavy atom. The van der Waals surface area contributed by atoms with Crippen molar-refractivity contribution in [1.29, 1.82) is 0 Å². The van der Waals surface area contributed by atoms with Gasteiger partial charge in [-0.1, -0.05) is 29.5 Å². The maximum Gasteiger partial charge on any atom is 0.221 e. The zero-order valence-corrected chi connectivity index (χ0v) is 12.3. The lowest BCUT2D eigenvalue weighted by molar-refractivity contribution is -0.114. The number of carbonyl (C=O) groups is 1. The summed E-state index contributed by atoms with van der Waals surface area (Å²) in [5, 5.41) is 12.1. The maximum absolute atomic E-state index is 11.0. The van der Waals surface area contributed by atoms with Crippen LogP contribution in [0.2, 0.25) is 0 Å². The third-order valence-corrected chi connectivity index (χ3v) is 3.91. The first-order valence-corrected chi connectivity index (χ1v) is 7.16. The van der Waals surface area contributed by atoms with E-state index in [-0.39, 0.29) is 12.5 Å². The van der Waals surface area contributed by atoms with Crippen LogP contribution in [0, 0.1) is 6.92 Å². The summed E-state index contributed by atoms with van der Waals surface area (Å²) in [6, 6.07) is 13.7. The van der Waals surface area contributed by atoms with Gasteiger partial charge in [-0.05, 0) is 42.8 Å². The molecule has 0 aliphatic carbocycles. The number of amides is 1. The molecule has 0 aliphatic rings. The Morgan fingerprint density at radius 2 is 1.90 bits per heavy atom. The zero-order valence-electron chi connectivity index (χ0n) is 11.5. The van der Waals surface area contributed by atoms with Crippen LogP contribution in [-0.4, -0.2) is 11.0 Å². The molecule has 2 rings (SSSR count). The lowest BCUT2D eigenvalue weighted by Crippen LogP contribution is -2.05. The highest BCUT2D eigenvalue weighted by atomic mass is 32.2. The molecule has 4 heteroatoms. The quantitative estimate of drug-likeness (QED) is 0.903. The molecule has 0 saturated carbocycles. The van der Waals surface area contributed by atoms with Crippen LogP contribution in [-0.2, 0) is 11.4 Å². The van der Waals surface area contributed by atoms with Crippen molar-refractivity contribution in [3.8, 4) is 0 Å². The molecule has 0 unspecified atom stereocenters. The number of nitrogens with one attached hydrogen (secondary N) is 1. The second-order valence-electron chi connectivity index (χ2n) is 4.58. The van der Waals surface area contributed by atoms with Gasteiger partial charge in [0.25, 0.3) is 0 Å². The number of anilines is 1. The molecule has 0 atom stereocenters. The van der Waals surface area contributed by atoms with Crippen LogP contribution in [0.5, 0.6) is 0 Å². The third-order valence-electron chi connectivity index (χ3n) is 2.79. The molecule has 104 valence electrons. The number of aliphatic hydroxyl groups is 1. The first-order chi connectivity index (χ1) is 9.58. The molecular weight excluding hydrogens is 270 g/mol. The van der Waals surface area contributed by atoms with Crippen LogP contribution in [0.4, 0.5) is 5.69 Å². The van der Waals surface area contributed by atoms with Crippen LogP contribution in [0.1, 0.15) is 18.1 Å². The van der Waals surface area contributed by atoms with E-state index >= 15 is 0 Å². The van der Waals surface area contributed by atoms with Gasteiger partial charge in [-0.25, -0.2) is 0 Å². The molecule has 0 saturated heterocycles. The zero-order chi connectivity index (χ0) is 14.5. The van der Waals surface area contributed by atoms with Crippen LogP contribution in [0.15, 0.2) is 52.3 Å². The smallest absolute Gasteiger partial charge is 0.221 e. The van der Waals surface area contributed by atoms with Crippen LogP contribution < -0.4 is 5.32 Å². The van der Waals surface area contributed by atoms with Gasteiger partial charge in [0.2, 0.25) is 5.91 Å². The monoisotopic (exact) mass is 287 g/mol. The molecule has 0 bridgehead atoms. The Balaban J connectivity index is 2.16. The van der Waals surface area contributed by atoms with Gasteiger partial charge in [0.1, 0.15) is 0 Å². The summed E-state index contributed by atoms with van der Waals surface area (Å²) in [7, 11) is 0. The molecule has 0 aliphatic heterocycles. The van der Waals surface area contributed by atoms with E-state index in [0.29, 0.717) is 0 Å². The number of aliphatic hydroxyl groups excluding tert-OH is 1. The minimum absolute atomic E-state index is 0.0357. The molecule has 20 heavy (non-hydrogen) atoms. The van der Waals surface area contributed by atoms with Crippen molar-refractivity contribution in [3.63, 3.8) is 0 Å². The highest BCUT2D eigenvalue weighted by molar-refractivity contribution is 7.99. The first kappa shape index (κ1) is 14.6. The standard InChI is InChI=1S/C16H17NO2S/c1-11-3-8-16(13(9-11)10-18)20-15-6-4-14(5-7-15)17-12(2)19/h3-9,18H,10H2,1-2H3,(H,17,19). The molecular formula is C16H17NO2S. The number of aryl methyl sites for hydroxylation is 1. The van der Waals surface area contributed by atoms with Crippen molar-refractivity contribution in [2.24, 2.45) is 0 Å². The Kier molecular flexibility index (Phi) is 4.82. The second-order valence-corrected chi connectivity index (χ2v) is 5.69. The first-order valence-electron chi connectivity index (χ1n) is 6.34. The number of hydrogen-bond donors (Lipinski definition) is 2. The molecule has 0 fully saturated rings. The van der Waals surface area contributed by atoms with E-state index in [1.54, 1.807) is 11.8 Å². The second kappa shape index (κ2) is 6.59. The van der Waals surface area contributed by atoms with E-state index in [2.05, 4.69) is 5.32 Å². The van der Waals surface area contributed by atoms with Crippen LogP contribution in [0.3, 0.4) is 0 Å². The summed E-state index contributed by atoms with van der Waals surface area (Å²) in [6.45, 7) is 3.53. The van der Waals surface area contributed by atoms with Gasteiger partial charge in [-0.3, -0.25) is 4.79 Å². The maximum atomic E-state index is 11.0. The van der Waals surface area contributed by atoms with Crippen LogP contribution in [0.25, 0.3) is 0 Å². The van der Waals surface area contributed by atoms with E-state index in [4.69, 9.17) is 0 Å². The molecule has 2 aromatic rings. The van der Waals surface area contributed by atoms with Crippen molar-refractivity contribution < 1.29 is 9.90 Å². The van der Waals surface area contributed by atoms with Gasteiger partial charge < -0.3 is 10.4 Å². The fourth-order valence-electron chi connectivity index (χ4n) is 1.87. The summed E-state index contributed by atoms with van der Waals surface area (Å²) in [6.07, 6.45) is 0. The van der Waals surface area contributed by atoms with Crippen molar-refractivity contribution in [3.05, 3.63) is 53.6 Å². The summed E-state index contributed by atoms with van der Waals surface area (Å²) in [5.41, 5.74) is 2.86. The average molecular weight is 287 g/mol. The minimum Gasteiger partial charge on any atom is -0.392 e. The third kappa shape index (κ3) is 3.85. The van der Waals surface area contributed by atoms with Gasteiger partial charge in [-0.15, -0.1) is 0 Å². The van der Waals surface area contributed by atoms with Crippen molar-refractivity contribution in [2.45, 2.75) is 30.2 Å². The van der Waals surface area contributed by atoms with E-state index in [0.717, 1.165) is 26.6 Å². The lowest BCUT2D eigenvalue weighted by atomic mass is 10.1. The number of benzene rings is 2. The average Bonchev–Trinajstić information content (AvgIpc) is 2.42. The summed E-state index contributed by atoms with van der Waals surface area (Å²) < 4.78 is 0. The molecule has 0 heterocycles. The topological polar surface area (TPSA) is 49.3 Å². The molecule has 0 aromatic heterocycles. The molecule has 2 N–H and O–H groups in total. The predicted molar refractivity (Wildman–Crippen MR) is 82.0 cm³/mol. The van der Waals surface area contributed by atoms with Gasteiger partial charge in [-0.2, -0.15) is 0 Å². The van der Waals surface area contributed by atoms with Crippen molar-refractivity contribution in [2.75, 3.05) is 5.32 Å². The highest BCUT2D eigenvalue weighted by Crippen LogP contribution is 2.31. The minimum atomic E-state index is -0.0773. The summed E-state index contributed by atoms with van der Waals surface area (Å²) >= 11 is 1.60. The number of hydrogen-bond acceptors (Lipinski definition) is 3. The van der Waals surface area contributed by atoms with Gasteiger partial charge in [0.05, 0.1) is 6.61 Å². The van der Waals surface area contributed by atoms with Gasteiger partial charge in [0.15, 0.2) is 0 Å². The molecule has 1 amide bonds. The van der Waals surface area contributed by atoms with E-state index in [9.17, 15) is 9.90 Å². The van der Waals surface area contributed by atoms with Crippen molar-refractivity contribution in [1.82, 2.24) is 0 Å². The highest BCUT2D eigenvalue weighted by Gasteiger charge is 2.04. The van der Waals surface area contributed by atoms with E-state index in [1.165, 1.54) is 6.92 Å². The van der Waals surface area contributed by atoms with Crippen molar-refractivity contribution >= 4 is 23.4 Å². The van der Waals surface area contributed by atoms with Crippen LogP contribution >= 0.6 is 11.8 Å². The van der Waals surface area contributed by atoms with Gasteiger partial charge >= 0.3 is 0 Å². The van der Waals surface area contributed by atoms with Gasteiger partial charge in [0, 0.05) is 22.4 Å². The summed E-state index contributed by atoms with van der Waals surface area (Å²) in [4.78, 5) is 13.1. The lowest BCUT2D eigenvalue weighted by Gasteiger charge is -2.09. The fraction of sp³-hybridized carbons (Fsp3) is 0.188. The number of rotatable bonds is 4. The van der Waals surface area contributed by atoms with E-state index < -0.39 is 0 Å². The Bertz CT molecular complexity index is 608. The SMILES string of the molecule is CC(=O)Nc1ccc(Sc2ccc(C)cc2CO)cc1. The normalized spacial score (nSPS) is 10.3. The number of carbonyl (C=O) groups excluding carboxylic acids is 1. The molecule has 3 nitrogen and oxygen atoms in total. The van der Waals surface area contributed by atoms with E-state index in [1.807, 2.05) is 49.4 Å². The molecule has 2 aromatic carbocycles. The largest absolute Gasteiger partial charge is 0.392 e. The Hall–Kier alpha value is -1.78. The Morgan fingerprint density at radius 1 is 1.20 bits per heavy atom. The predicted octanol–water partition coefficient (Wildman–Crippen LogP) is 3.60. The molecule has 0 radical (unpaired) electrons. The fourth-order valence-corrected chi connectivity index (χ4v) is 2.78. The Labute approximate surface area is 123 Å². The summed E-state index contributed by atoms with van der Waals surface area (Å²) in [5.74, 6) is -0.0773. The molecule has 0 spiro atoms.